The molecule has 0 fully saturated rings. The van der Waals surface area contributed by atoms with Gasteiger partial charge >= 0.3 is 11.8 Å². The van der Waals surface area contributed by atoms with Crippen molar-refractivity contribution in [3.8, 4) is 17.3 Å². The predicted molar refractivity (Wildman–Crippen MR) is 100 cm³/mol. The van der Waals surface area contributed by atoms with Gasteiger partial charge in [0, 0.05) is 17.3 Å². The van der Waals surface area contributed by atoms with Crippen LogP contribution in [-0.2, 0) is 6.18 Å². The second kappa shape index (κ2) is 6.85. The molecule has 0 saturated heterocycles. The van der Waals surface area contributed by atoms with Crippen molar-refractivity contribution in [3.63, 3.8) is 0 Å². The summed E-state index contributed by atoms with van der Waals surface area (Å²) in [4.78, 5) is 20.5. The number of aromatic nitrogens is 4. The fourth-order valence-electron chi connectivity index (χ4n) is 2.80. The molecule has 29 heavy (non-hydrogen) atoms. The van der Waals surface area contributed by atoms with Crippen molar-refractivity contribution >= 4 is 34.1 Å². The predicted octanol–water partition coefficient (Wildman–Crippen LogP) is 5.07. The summed E-state index contributed by atoms with van der Waals surface area (Å²) < 4.78 is 46.0. The fourth-order valence-corrected chi connectivity index (χ4v) is 3.25. The van der Waals surface area contributed by atoms with E-state index in [4.69, 9.17) is 27.6 Å². The van der Waals surface area contributed by atoms with Crippen LogP contribution >= 0.6 is 23.2 Å². The summed E-state index contributed by atoms with van der Waals surface area (Å²) in [6.45, 7) is 1.67. The van der Waals surface area contributed by atoms with E-state index < -0.39 is 17.5 Å². The summed E-state index contributed by atoms with van der Waals surface area (Å²) in [6, 6.07) is 5.08. The third-order valence-corrected chi connectivity index (χ3v) is 4.62. The summed E-state index contributed by atoms with van der Waals surface area (Å²) >= 11 is 12.1. The lowest BCUT2D eigenvalue weighted by molar-refractivity contribution is -0.141. The van der Waals surface area contributed by atoms with Crippen LogP contribution in [0.1, 0.15) is 11.3 Å². The lowest BCUT2D eigenvalue weighted by Crippen LogP contribution is -2.08. The van der Waals surface area contributed by atoms with Crippen molar-refractivity contribution in [2.75, 3.05) is 0 Å². The minimum Gasteiger partial charge on any atom is -0.401 e. The first kappa shape index (κ1) is 19.4. The first-order valence-corrected chi connectivity index (χ1v) is 8.79. The van der Waals surface area contributed by atoms with Crippen LogP contribution in [0.4, 0.5) is 13.2 Å². The van der Waals surface area contributed by atoms with Gasteiger partial charge in [-0.3, -0.25) is 4.98 Å². The Kier molecular flexibility index (Phi) is 4.59. The Labute approximate surface area is 170 Å². The van der Waals surface area contributed by atoms with Crippen molar-refractivity contribution in [1.82, 2.24) is 19.7 Å². The van der Waals surface area contributed by atoms with Crippen LogP contribution in [0.25, 0.3) is 28.2 Å². The van der Waals surface area contributed by atoms with Crippen LogP contribution in [0.15, 0.2) is 45.9 Å². The van der Waals surface area contributed by atoms with Gasteiger partial charge in [0.15, 0.2) is 5.69 Å². The van der Waals surface area contributed by atoms with E-state index in [9.17, 15) is 18.0 Å². The van der Waals surface area contributed by atoms with E-state index in [1.165, 1.54) is 24.5 Å². The Morgan fingerprint density at radius 1 is 1.17 bits per heavy atom. The van der Waals surface area contributed by atoms with Crippen LogP contribution in [0.2, 0.25) is 10.0 Å². The fraction of sp³-hybridized carbons (Fsp3) is 0.111. The largest absolute Gasteiger partial charge is 0.435 e. The highest BCUT2D eigenvalue weighted by Gasteiger charge is 2.36. The minimum atomic E-state index is -4.74. The maximum Gasteiger partial charge on any atom is 0.435 e. The van der Waals surface area contributed by atoms with Gasteiger partial charge in [-0.2, -0.15) is 18.3 Å². The zero-order chi connectivity index (χ0) is 20.9. The summed E-state index contributed by atoms with van der Waals surface area (Å²) in [5.41, 5.74) is -1.33. The SMILES string of the molecule is Cc1cc(Cl)cc2c(=O)oc(-c3cc(C(F)(F)F)nn3-c3cnccc3Cl)nc12. The number of benzene rings is 1. The Morgan fingerprint density at radius 2 is 1.93 bits per heavy atom. The zero-order valence-corrected chi connectivity index (χ0v) is 16.0. The first-order valence-electron chi connectivity index (χ1n) is 8.03. The molecular formula is C18H9Cl2F3N4O2. The molecule has 11 heteroatoms. The van der Waals surface area contributed by atoms with E-state index in [0.717, 1.165) is 10.7 Å². The quantitative estimate of drug-likeness (QED) is 0.434. The van der Waals surface area contributed by atoms with E-state index in [2.05, 4.69) is 15.1 Å². The third kappa shape index (κ3) is 3.47. The van der Waals surface area contributed by atoms with Gasteiger partial charge in [-0.05, 0) is 30.7 Å². The van der Waals surface area contributed by atoms with Crippen molar-refractivity contribution in [2.45, 2.75) is 13.1 Å². The number of alkyl halides is 3. The second-order valence-corrected chi connectivity index (χ2v) is 6.92. The van der Waals surface area contributed by atoms with Gasteiger partial charge in [0.05, 0.1) is 22.1 Å². The third-order valence-electron chi connectivity index (χ3n) is 4.08. The molecule has 0 bridgehead atoms. The topological polar surface area (TPSA) is 73.8 Å². The molecule has 3 heterocycles. The number of nitrogens with zero attached hydrogens (tertiary/aromatic N) is 4. The number of fused-ring (bicyclic) bond motifs is 1. The number of hydrogen-bond acceptors (Lipinski definition) is 5. The van der Waals surface area contributed by atoms with Gasteiger partial charge in [-0.1, -0.05) is 23.2 Å². The molecule has 0 atom stereocenters. The maximum atomic E-state index is 13.3. The smallest absolute Gasteiger partial charge is 0.401 e. The molecule has 1 aromatic carbocycles. The lowest BCUT2D eigenvalue weighted by Gasteiger charge is -2.08. The van der Waals surface area contributed by atoms with E-state index >= 15 is 0 Å². The molecule has 4 rings (SSSR count). The molecule has 0 aliphatic heterocycles. The van der Waals surface area contributed by atoms with Gasteiger partial charge in [0.1, 0.15) is 11.4 Å². The monoisotopic (exact) mass is 440 g/mol. The number of rotatable bonds is 2. The highest BCUT2D eigenvalue weighted by molar-refractivity contribution is 6.32. The van der Waals surface area contributed by atoms with Crippen molar-refractivity contribution in [2.24, 2.45) is 0 Å². The van der Waals surface area contributed by atoms with E-state index in [0.29, 0.717) is 10.6 Å². The van der Waals surface area contributed by atoms with Crippen LogP contribution in [0.5, 0.6) is 0 Å². The van der Waals surface area contributed by atoms with Crippen LogP contribution in [-0.4, -0.2) is 19.7 Å². The van der Waals surface area contributed by atoms with E-state index in [-0.39, 0.29) is 33.2 Å². The molecule has 0 unspecified atom stereocenters. The van der Waals surface area contributed by atoms with Gasteiger partial charge < -0.3 is 4.42 Å². The summed E-state index contributed by atoms with van der Waals surface area (Å²) in [5, 5.41) is 4.10. The van der Waals surface area contributed by atoms with Crippen LogP contribution < -0.4 is 5.63 Å². The van der Waals surface area contributed by atoms with Crippen LogP contribution in [0, 0.1) is 6.92 Å². The molecule has 6 nitrogen and oxygen atoms in total. The molecule has 0 aliphatic carbocycles. The lowest BCUT2D eigenvalue weighted by atomic mass is 10.1. The van der Waals surface area contributed by atoms with E-state index in [1.54, 1.807) is 13.0 Å². The minimum absolute atomic E-state index is 0.0667. The molecule has 4 aromatic rings. The van der Waals surface area contributed by atoms with Gasteiger partial charge in [-0.15, -0.1) is 0 Å². The van der Waals surface area contributed by atoms with Crippen LogP contribution in [0.3, 0.4) is 0 Å². The number of halogens is 5. The van der Waals surface area contributed by atoms with Crippen molar-refractivity contribution < 1.29 is 17.6 Å². The normalized spacial score (nSPS) is 11.9. The number of pyridine rings is 1. The Bertz CT molecular complexity index is 1310. The van der Waals surface area contributed by atoms with E-state index in [1.807, 2.05) is 0 Å². The summed E-state index contributed by atoms with van der Waals surface area (Å²) in [5.74, 6) is -0.351. The second-order valence-electron chi connectivity index (χ2n) is 6.08. The average Bonchev–Trinajstić information content (AvgIpc) is 3.08. The standard InChI is InChI=1S/C18H9Cl2F3N4O2/c1-8-4-9(19)5-10-15(8)25-16(29-17(10)28)12-6-14(18(21,22)23)26-27(12)13-7-24-3-2-11(13)20/h2-7H,1H3. The number of hydrogen-bond donors (Lipinski definition) is 0. The maximum absolute atomic E-state index is 13.3. The van der Waals surface area contributed by atoms with Crippen molar-refractivity contribution in [3.05, 3.63) is 68.4 Å². The molecule has 3 aromatic heterocycles. The highest BCUT2D eigenvalue weighted by atomic mass is 35.5. The molecule has 0 N–H and O–H groups in total. The molecule has 0 spiro atoms. The van der Waals surface area contributed by atoms with Gasteiger partial charge in [0.2, 0.25) is 5.89 Å². The number of aryl methyl sites for hydroxylation is 1. The molecule has 148 valence electrons. The highest BCUT2D eigenvalue weighted by Crippen LogP contribution is 2.34. The van der Waals surface area contributed by atoms with Gasteiger partial charge in [-0.25, -0.2) is 14.5 Å². The Balaban J connectivity index is 2.04. The molecular weight excluding hydrogens is 432 g/mol. The average molecular weight is 441 g/mol. The Morgan fingerprint density at radius 3 is 2.62 bits per heavy atom. The molecule has 0 radical (unpaired) electrons. The first-order chi connectivity index (χ1) is 13.6. The molecule has 0 saturated carbocycles. The summed E-state index contributed by atoms with van der Waals surface area (Å²) in [6.07, 6.45) is -2.13. The molecule has 0 aliphatic rings. The molecule has 0 amide bonds. The zero-order valence-electron chi connectivity index (χ0n) is 14.5. The summed E-state index contributed by atoms with van der Waals surface area (Å²) in [7, 11) is 0. The van der Waals surface area contributed by atoms with Gasteiger partial charge in [0.25, 0.3) is 0 Å². The Hall–Kier alpha value is -2.91. The van der Waals surface area contributed by atoms with Crippen molar-refractivity contribution in [1.29, 1.82) is 0 Å².